The lowest BCUT2D eigenvalue weighted by Gasteiger charge is -2.47. The minimum Gasteiger partial charge on any atom is -0.493 e. The van der Waals surface area contributed by atoms with Gasteiger partial charge in [0.2, 0.25) is 0 Å². The smallest absolute Gasteiger partial charge is 0.323 e. The van der Waals surface area contributed by atoms with Crippen LogP contribution >= 0.6 is 0 Å². The number of methoxy groups -OCH3 is 2. The Bertz CT molecular complexity index is 1230. The van der Waals surface area contributed by atoms with Crippen molar-refractivity contribution in [1.29, 1.82) is 0 Å². The zero-order valence-corrected chi connectivity index (χ0v) is 18.3. The number of hydrogen-bond donors (Lipinski definition) is 1. The normalized spacial score (nSPS) is 42.6. The number of fused-ring (bicyclic) bond motifs is 3. The second kappa shape index (κ2) is 9.56. The Kier molecular flexibility index (Phi) is 3.92. The highest BCUT2D eigenvalue weighted by Crippen LogP contribution is 2.44. The third-order valence-corrected chi connectivity index (χ3v) is 4.85. The van der Waals surface area contributed by atoms with E-state index >= 15 is 0 Å². The van der Waals surface area contributed by atoms with E-state index in [1.165, 1.54) is 7.11 Å². The van der Waals surface area contributed by atoms with E-state index in [1.807, 2.05) is 0 Å². The molecule has 168 valence electrons. The van der Waals surface area contributed by atoms with Crippen LogP contribution in [0.4, 0.5) is 0 Å². The average molecular weight is 430 g/mol. The predicted octanol–water partition coefficient (Wildman–Crippen LogP) is 3.56. The first-order valence-electron chi connectivity index (χ1n) is 15.5. The van der Waals surface area contributed by atoms with E-state index in [1.54, 1.807) is 27.7 Å². The van der Waals surface area contributed by atoms with Crippen LogP contribution in [-0.4, -0.2) is 50.2 Å². The number of nitrogens with zero attached hydrogens (tertiary/aromatic N) is 1. The number of benzene rings is 1. The first kappa shape index (κ1) is 12.3. The fraction of sp³-hybridized carbons (Fsp3) is 0.708. The summed E-state index contributed by atoms with van der Waals surface area (Å²) in [5, 5.41) is 0. The molecule has 3 rings (SSSR count). The van der Waals surface area contributed by atoms with Crippen molar-refractivity contribution < 1.29 is 34.1 Å². The summed E-state index contributed by atoms with van der Waals surface area (Å²) in [6, 6.07) is -5.92. The van der Waals surface area contributed by atoms with Crippen molar-refractivity contribution in [2.75, 3.05) is 27.2 Å². The zero-order chi connectivity index (χ0) is 31.9. The van der Waals surface area contributed by atoms with E-state index in [0.29, 0.717) is 0 Å². The molecule has 0 bridgehead atoms. The van der Waals surface area contributed by atoms with Crippen molar-refractivity contribution in [3.05, 3.63) is 23.2 Å². The summed E-state index contributed by atoms with van der Waals surface area (Å²) < 4.78 is 116. The van der Waals surface area contributed by atoms with E-state index in [4.69, 9.17) is 28.2 Å². The molecule has 4 atom stereocenters. The lowest BCUT2D eigenvalue weighted by Crippen LogP contribution is -2.51. The van der Waals surface area contributed by atoms with Gasteiger partial charge >= 0.3 is 5.97 Å². The summed E-state index contributed by atoms with van der Waals surface area (Å²) in [5.74, 6) is -6.09. The molecular weight excluding hydrogens is 380 g/mol. The van der Waals surface area contributed by atoms with Crippen molar-refractivity contribution in [1.82, 2.24) is 4.90 Å². The van der Waals surface area contributed by atoms with Gasteiger partial charge in [0, 0.05) is 40.9 Å². The number of carbonyl (C=O) groups is 1. The molecule has 2 N–H and O–H groups in total. The second-order valence-corrected chi connectivity index (χ2v) is 8.02. The summed E-state index contributed by atoms with van der Waals surface area (Å²) >= 11 is 0. The molecule has 1 aromatic rings. The molecule has 3 unspecified atom stereocenters. The van der Waals surface area contributed by atoms with Gasteiger partial charge in [0.15, 0.2) is 11.5 Å². The average Bonchev–Trinajstić information content (AvgIpc) is 2.82. The molecule has 2 aliphatic heterocycles. The minimum atomic E-state index is -3.60. The van der Waals surface area contributed by atoms with Gasteiger partial charge in [-0.3, -0.25) is 9.69 Å². The summed E-state index contributed by atoms with van der Waals surface area (Å²) in [6.07, 6.45) is -8.45. The van der Waals surface area contributed by atoms with Crippen LogP contribution < -0.4 is 15.2 Å². The standard InChI is InChI=1S/C24H38N2O4/c1-14(2)9-17-13-26-8-7-16-10-21(28-5)22(29-6)11-18(16)19(26)12-20(17)30-24(27)23(25)15(3)4/h10-11,14-15,17,19-20,23H,7-9,12-13,25H2,1-6H3/t17?,19?,20?,23-/m0/s1/i8D2,10D,11D,12D2,13D2,17D,19D,20D. The highest BCUT2D eigenvalue weighted by atomic mass is 16.5. The molecule has 2 heterocycles. The van der Waals surface area contributed by atoms with E-state index < -0.39 is 91.7 Å². The lowest BCUT2D eigenvalue weighted by molar-refractivity contribution is -0.160. The van der Waals surface area contributed by atoms with E-state index in [0.717, 1.165) is 7.11 Å². The molecule has 6 heteroatoms. The van der Waals surface area contributed by atoms with Gasteiger partial charge in [0.25, 0.3) is 0 Å². The van der Waals surface area contributed by atoms with Gasteiger partial charge in [-0.15, -0.1) is 0 Å². The van der Waals surface area contributed by atoms with Crippen LogP contribution in [0.2, 0.25) is 0 Å². The Hall–Kier alpha value is -1.79. The molecule has 1 aromatic carbocycles. The fourth-order valence-corrected chi connectivity index (χ4v) is 3.13. The van der Waals surface area contributed by atoms with Crippen LogP contribution in [0.1, 0.15) is 72.7 Å². The predicted molar refractivity (Wildman–Crippen MR) is 118 cm³/mol. The van der Waals surface area contributed by atoms with Crippen molar-refractivity contribution in [3.63, 3.8) is 0 Å². The number of carbonyl (C=O) groups excluding carboxylic acids is 1. The van der Waals surface area contributed by atoms with E-state index in [2.05, 4.69) is 0 Å². The Balaban J connectivity index is 2.57. The highest BCUT2D eigenvalue weighted by molar-refractivity contribution is 5.76. The van der Waals surface area contributed by atoms with Gasteiger partial charge in [-0.25, -0.2) is 0 Å². The second-order valence-electron chi connectivity index (χ2n) is 8.02. The van der Waals surface area contributed by atoms with Crippen molar-refractivity contribution in [2.24, 2.45) is 23.5 Å². The highest BCUT2D eigenvalue weighted by Gasteiger charge is 2.41. The molecule has 30 heavy (non-hydrogen) atoms. The zero-order valence-electron chi connectivity index (χ0n) is 29.3. The Labute approximate surface area is 196 Å². The van der Waals surface area contributed by atoms with Crippen molar-refractivity contribution in [3.8, 4) is 11.5 Å². The fourth-order valence-electron chi connectivity index (χ4n) is 3.13. The van der Waals surface area contributed by atoms with Gasteiger partial charge in [0.05, 0.1) is 19.7 Å². The Morgan fingerprint density at radius 2 is 1.97 bits per heavy atom. The molecule has 1 saturated heterocycles. The van der Waals surface area contributed by atoms with Crippen LogP contribution in [0.15, 0.2) is 12.1 Å². The summed E-state index contributed by atoms with van der Waals surface area (Å²) in [5.41, 5.74) is 4.95. The molecule has 6 nitrogen and oxygen atoms in total. The van der Waals surface area contributed by atoms with Crippen LogP contribution in [0, 0.1) is 17.7 Å². The Morgan fingerprint density at radius 3 is 2.57 bits per heavy atom. The largest absolute Gasteiger partial charge is 0.493 e. The minimum absolute atomic E-state index is 0.219. The van der Waals surface area contributed by atoms with Crippen molar-refractivity contribution >= 4 is 5.97 Å². The molecule has 2 aliphatic rings. The van der Waals surface area contributed by atoms with Crippen LogP contribution in [-0.2, 0) is 16.0 Å². The molecular formula is C24H38N2O4. The maximum atomic E-state index is 13.2. The SMILES string of the molecule is [2H]c1c2c(c([2H])c(OC)c1OC)C1([2H])N(C([2H])([2H])C2)C([2H])([2H])C([2H])(CC(C)C)C([2H])(OC(=O)[C@@H](N)C(C)C)C1([2H])[2H]. The number of piperidine rings is 1. The van der Waals surface area contributed by atoms with Gasteiger partial charge in [-0.1, -0.05) is 27.7 Å². The lowest BCUT2D eigenvalue weighted by atomic mass is 9.79. The number of hydrogen-bond acceptors (Lipinski definition) is 6. The summed E-state index contributed by atoms with van der Waals surface area (Å²) in [7, 11) is 2.33. The summed E-state index contributed by atoms with van der Waals surface area (Å²) in [6.45, 7) is 0.0337. The quantitative estimate of drug-likeness (QED) is 0.668. The van der Waals surface area contributed by atoms with E-state index in [9.17, 15) is 11.6 Å². The third kappa shape index (κ3) is 4.75. The molecule has 0 aliphatic carbocycles. The van der Waals surface area contributed by atoms with E-state index in [-0.39, 0.29) is 22.0 Å². The number of nitrogens with two attached hydrogens (primary N) is 1. The van der Waals surface area contributed by atoms with Gasteiger partial charge in [-0.2, -0.15) is 0 Å². The molecule has 0 radical (unpaired) electrons. The maximum Gasteiger partial charge on any atom is 0.323 e. The molecule has 1 fully saturated rings. The molecule has 0 spiro atoms. The number of rotatable bonds is 7. The first-order valence-corrected chi connectivity index (χ1v) is 9.99. The number of ether oxygens (including phenoxy) is 3. The summed E-state index contributed by atoms with van der Waals surface area (Å²) in [4.78, 5) is 13.4. The van der Waals surface area contributed by atoms with Crippen LogP contribution in [0.5, 0.6) is 11.5 Å². The number of esters is 1. The topological polar surface area (TPSA) is 74.0 Å². The molecule has 0 aromatic heterocycles. The first-order chi connectivity index (χ1) is 18.5. The van der Waals surface area contributed by atoms with Crippen LogP contribution in [0.25, 0.3) is 0 Å². The molecule has 0 saturated carbocycles. The van der Waals surface area contributed by atoms with Gasteiger partial charge < -0.3 is 19.9 Å². The van der Waals surface area contributed by atoms with Gasteiger partial charge in [-0.05, 0) is 47.9 Å². The monoisotopic (exact) mass is 429 g/mol. The van der Waals surface area contributed by atoms with Crippen molar-refractivity contribution in [2.45, 2.75) is 65.0 Å². The Morgan fingerprint density at radius 1 is 1.30 bits per heavy atom. The third-order valence-electron chi connectivity index (χ3n) is 4.85. The maximum absolute atomic E-state index is 13.2. The van der Waals surface area contributed by atoms with Gasteiger partial charge in [0.1, 0.15) is 12.1 Å². The van der Waals surface area contributed by atoms with Crippen LogP contribution in [0.3, 0.4) is 0 Å². The molecule has 0 amide bonds.